The van der Waals surface area contributed by atoms with Crippen molar-refractivity contribution in [2.45, 2.75) is 44.7 Å². The maximum absolute atomic E-state index is 14.1. The Hall–Kier alpha value is -2.81. The summed E-state index contributed by atoms with van der Waals surface area (Å²) in [5.74, 6) is -1.75. The third kappa shape index (κ3) is 4.93. The summed E-state index contributed by atoms with van der Waals surface area (Å²) >= 11 is 0. The van der Waals surface area contributed by atoms with E-state index in [-0.39, 0.29) is 34.9 Å². The number of carbonyl (C=O) groups is 2. The lowest BCUT2D eigenvalue weighted by molar-refractivity contribution is -0.136. The molecule has 178 valence electrons. The molecule has 1 aliphatic heterocycles. The van der Waals surface area contributed by atoms with Crippen LogP contribution in [0.1, 0.15) is 43.1 Å². The molecule has 0 radical (unpaired) electrons. The van der Waals surface area contributed by atoms with Gasteiger partial charge in [-0.1, -0.05) is 18.5 Å². The van der Waals surface area contributed by atoms with Gasteiger partial charge >= 0.3 is 0 Å². The summed E-state index contributed by atoms with van der Waals surface area (Å²) in [7, 11) is 3.44. The first kappa shape index (κ1) is 23.4. The molecule has 1 N–H and O–H groups in total. The fraction of sp³-hybridized carbons (Fsp3) is 0.542. The lowest BCUT2D eigenvalue weighted by Crippen LogP contribution is -2.57. The second kappa shape index (κ2) is 9.59. The van der Waals surface area contributed by atoms with E-state index < -0.39 is 17.5 Å². The number of carbonyl (C=O) groups excluding carboxylic acids is 2. The average molecular weight is 461 g/mol. The molecule has 2 fully saturated rings. The van der Waals surface area contributed by atoms with Crippen LogP contribution in [0.25, 0.3) is 11.3 Å². The normalized spacial score (nSPS) is 25.7. The van der Waals surface area contributed by atoms with Gasteiger partial charge in [-0.25, -0.2) is 8.78 Å². The van der Waals surface area contributed by atoms with Gasteiger partial charge in [0.1, 0.15) is 11.6 Å². The van der Waals surface area contributed by atoms with Gasteiger partial charge in [0.15, 0.2) is 11.5 Å². The Morgan fingerprint density at radius 2 is 1.97 bits per heavy atom. The van der Waals surface area contributed by atoms with E-state index in [2.05, 4.69) is 22.3 Å². The highest BCUT2D eigenvalue weighted by molar-refractivity contribution is 5.94. The molecule has 7 nitrogen and oxygen atoms in total. The first-order valence-electron chi connectivity index (χ1n) is 11.4. The van der Waals surface area contributed by atoms with E-state index in [1.165, 1.54) is 25.0 Å². The first-order valence-corrected chi connectivity index (χ1v) is 11.4. The number of hydrogen-bond donors (Lipinski definition) is 1. The van der Waals surface area contributed by atoms with E-state index >= 15 is 0 Å². The van der Waals surface area contributed by atoms with Gasteiger partial charge in [0.05, 0.1) is 11.5 Å². The minimum Gasteiger partial charge on any atom is -0.355 e. The molecule has 1 aromatic carbocycles. The Balaban J connectivity index is 1.48. The first-order chi connectivity index (χ1) is 15.7. The van der Waals surface area contributed by atoms with Crippen LogP contribution in [-0.2, 0) is 4.79 Å². The minimum atomic E-state index is -0.803. The predicted molar refractivity (Wildman–Crippen MR) is 118 cm³/mol. The van der Waals surface area contributed by atoms with E-state index in [4.69, 9.17) is 4.52 Å². The van der Waals surface area contributed by atoms with E-state index in [0.717, 1.165) is 25.1 Å². The summed E-state index contributed by atoms with van der Waals surface area (Å²) < 4.78 is 32.4. The molecule has 1 aromatic heterocycles. The van der Waals surface area contributed by atoms with E-state index in [9.17, 15) is 18.4 Å². The van der Waals surface area contributed by atoms with Crippen LogP contribution in [0.15, 0.2) is 28.8 Å². The summed E-state index contributed by atoms with van der Waals surface area (Å²) in [6.45, 7) is 3.67. The van der Waals surface area contributed by atoms with Crippen molar-refractivity contribution in [1.29, 1.82) is 0 Å². The van der Waals surface area contributed by atoms with Gasteiger partial charge in [0.25, 0.3) is 5.91 Å². The highest BCUT2D eigenvalue weighted by atomic mass is 19.1. The second-order valence-electron chi connectivity index (χ2n) is 9.38. The maximum Gasteiger partial charge on any atom is 0.273 e. The fourth-order valence-corrected chi connectivity index (χ4v) is 5.14. The molecule has 33 heavy (non-hydrogen) atoms. The fourth-order valence-electron chi connectivity index (χ4n) is 5.14. The molecule has 2 amide bonds. The second-order valence-corrected chi connectivity index (χ2v) is 9.38. The number of amides is 2. The maximum atomic E-state index is 14.1. The van der Waals surface area contributed by atoms with Crippen molar-refractivity contribution in [1.82, 2.24) is 20.3 Å². The molecule has 0 bridgehead atoms. The van der Waals surface area contributed by atoms with Crippen LogP contribution >= 0.6 is 0 Å². The van der Waals surface area contributed by atoms with Crippen LogP contribution < -0.4 is 5.32 Å². The zero-order chi connectivity index (χ0) is 23.7. The molecule has 9 heteroatoms. The van der Waals surface area contributed by atoms with Crippen LogP contribution in [0.2, 0.25) is 0 Å². The number of rotatable bonds is 5. The molecule has 4 atom stereocenters. The molecule has 0 unspecified atom stereocenters. The molecule has 4 rings (SSSR count). The number of nitrogens with zero attached hydrogens (tertiary/aromatic N) is 3. The molecule has 1 aliphatic carbocycles. The van der Waals surface area contributed by atoms with Crippen molar-refractivity contribution < 1.29 is 22.9 Å². The van der Waals surface area contributed by atoms with Gasteiger partial charge in [-0.2, -0.15) is 0 Å². The lowest BCUT2D eigenvalue weighted by Gasteiger charge is -2.42. The quantitative estimate of drug-likeness (QED) is 0.741. The van der Waals surface area contributed by atoms with Gasteiger partial charge in [-0.05, 0) is 37.3 Å². The minimum absolute atomic E-state index is 0.0163. The van der Waals surface area contributed by atoms with Gasteiger partial charge in [-0.3, -0.25) is 14.5 Å². The Bertz CT molecular complexity index is 1020. The number of likely N-dealkylation sites (tertiary alicyclic amines) is 1. The standard InChI is InChI=1S/C24H30F2N4O3/c1-14-5-4-6-21(14)30-10-9-19(17(13-30)24(32)29(2)3)27-23(31)20-12-22(33-28-20)16-8-7-15(25)11-18(16)26/h7-8,11-12,14,17,19,21H,4-6,9-10,13H2,1-3H3,(H,27,31)/t14-,17-,19-,21+/m0/s1. The van der Waals surface area contributed by atoms with Crippen molar-refractivity contribution >= 4 is 11.8 Å². The Kier molecular flexibility index (Phi) is 6.78. The molecule has 0 spiro atoms. The largest absolute Gasteiger partial charge is 0.355 e. The smallest absolute Gasteiger partial charge is 0.273 e. The van der Waals surface area contributed by atoms with Crippen molar-refractivity contribution in [3.8, 4) is 11.3 Å². The number of halogens is 2. The highest BCUT2D eigenvalue weighted by Crippen LogP contribution is 2.33. The summed E-state index contributed by atoms with van der Waals surface area (Å²) in [6, 6.07) is 4.54. The number of aromatic nitrogens is 1. The third-order valence-electron chi connectivity index (χ3n) is 6.94. The predicted octanol–water partition coefficient (Wildman–Crippen LogP) is 3.32. The molecule has 1 saturated carbocycles. The average Bonchev–Trinajstić information content (AvgIpc) is 3.43. The lowest BCUT2D eigenvalue weighted by atomic mass is 9.88. The highest BCUT2D eigenvalue weighted by Gasteiger charge is 2.40. The summed E-state index contributed by atoms with van der Waals surface area (Å²) in [4.78, 5) is 29.8. The number of hydrogen-bond acceptors (Lipinski definition) is 5. The van der Waals surface area contributed by atoms with Crippen LogP contribution in [0.4, 0.5) is 8.78 Å². The Morgan fingerprint density at radius 1 is 1.18 bits per heavy atom. The van der Waals surface area contributed by atoms with Gasteiger partial charge in [0.2, 0.25) is 5.91 Å². The molecular weight excluding hydrogens is 430 g/mol. The molecular formula is C24H30F2N4O3. The number of benzene rings is 1. The van der Waals surface area contributed by atoms with Gasteiger partial charge in [0, 0.05) is 51.4 Å². The van der Waals surface area contributed by atoms with Crippen molar-refractivity contribution in [3.63, 3.8) is 0 Å². The summed E-state index contributed by atoms with van der Waals surface area (Å²) in [5.41, 5.74) is -0.000717. The van der Waals surface area contributed by atoms with Crippen LogP contribution in [0.5, 0.6) is 0 Å². The number of piperidine rings is 1. The molecule has 2 aliphatic rings. The summed E-state index contributed by atoms with van der Waals surface area (Å²) in [5, 5.41) is 6.70. The van der Waals surface area contributed by atoms with E-state index in [1.54, 1.807) is 19.0 Å². The third-order valence-corrected chi connectivity index (χ3v) is 6.94. The molecule has 2 heterocycles. The van der Waals surface area contributed by atoms with E-state index in [1.807, 2.05) is 0 Å². The van der Waals surface area contributed by atoms with Crippen LogP contribution in [0, 0.1) is 23.5 Å². The van der Waals surface area contributed by atoms with Gasteiger partial charge < -0.3 is 14.7 Å². The van der Waals surface area contributed by atoms with Crippen LogP contribution in [-0.4, -0.2) is 66.0 Å². The van der Waals surface area contributed by atoms with Crippen molar-refractivity contribution in [3.05, 3.63) is 41.6 Å². The molecule has 1 saturated heterocycles. The Morgan fingerprint density at radius 3 is 2.64 bits per heavy atom. The van der Waals surface area contributed by atoms with Crippen molar-refractivity contribution in [2.75, 3.05) is 27.2 Å². The zero-order valence-corrected chi connectivity index (χ0v) is 19.2. The zero-order valence-electron chi connectivity index (χ0n) is 19.2. The van der Waals surface area contributed by atoms with Crippen LogP contribution in [0.3, 0.4) is 0 Å². The van der Waals surface area contributed by atoms with Crippen molar-refractivity contribution in [2.24, 2.45) is 11.8 Å². The summed E-state index contributed by atoms with van der Waals surface area (Å²) in [6.07, 6.45) is 4.20. The number of nitrogens with one attached hydrogen (secondary N) is 1. The van der Waals surface area contributed by atoms with E-state index in [0.29, 0.717) is 24.9 Å². The Labute approximate surface area is 192 Å². The molecule has 2 aromatic rings. The SMILES string of the molecule is C[C@H]1CCC[C@H]1N1CC[C@H](NC(=O)c2cc(-c3ccc(F)cc3F)on2)[C@@H](C(=O)N(C)C)C1. The monoisotopic (exact) mass is 460 g/mol. The topological polar surface area (TPSA) is 78.7 Å². The van der Waals surface area contributed by atoms with Gasteiger partial charge in [-0.15, -0.1) is 0 Å².